The summed E-state index contributed by atoms with van der Waals surface area (Å²) in [5, 5.41) is 0. The Hall–Kier alpha value is -4.68. The van der Waals surface area contributed by atoms with Crippen LogP contribution in [-0.2, 0) is 23.7 Å². The molecule has 0 N–H and O–H groups in total. The topological polar surface area (TPSA) is 0 Å². The maximum absolute atomic E-state index is 2.41. The Bertz CT molecular complexity index is 1800. The molecule has 2 aliphatic carbocycles. The van der Waals surface area contributed by atoms with E-state index in [2.05, 4.69) is 159 Å². The van der Waals surface area contributed by atoms with Gasteiger partial charge in [-0.3, -0.25) is 0 Å². The smallest absolute Gasteiger partial charge is 0.0221 e. The molecule has 42 heavy (non-hydrogen) atoms. The predicted octanol–water partition coefficient (Wildman–Crippen LogP) is 10.4. The summed E-state index contributed by atoms with van der Waals surface area (Å²) in [6.45, 7) is 4.82. The van der Waals surface area contributed by atoms with Crippen molar-refractivity contribution in [1.29, 1.82) is 0 Å². The summed E-state index contributed by atoms with van der Waals surface area (Å²) in [5.41, 5.74) is 16.3. The number of fused-ring (bicyclic) bond motifs is 6. The van der Waals surface area contributed by atoms with E-state index < -0.39 is 0 Å². The maximum atomic E-state index is 2.41. The largest absolute Gasteiger partial charge is 0.0620 e. The molecule has 0 saturated carbocycles. The molecule has 0 nitrogen and oxygen atoms in total. The lowest BCUT2D eigenvalue weighted by atomic mass is 9.65. The highest BCUT2D eigenvalue weighted by molar-refractivity contribution is 5.78. The fraction of sp³-hybridized carbons (Fsp3) is 0.143. The van der Waals surface area contributed by atoms with Gasteiger partial charge in [-0.1, -0.05) is 159 Å². The highest BCUT2D eigenvalue weighted by Crippen LogP contribution is 2.48. The molecule has 0 amide bonds. The van der Waals surface area contributed by atoms with Crippen LogP contribution in [0.5, 0.6) is 0 Å². The van der Waals surface area contributed by atoms with Gasteiger partial charge in [-0.05, 0) is 79.6 Å². The van der Waals surface area contributed by atoms with E-state index in [9.17, 15) is 0 Å². The normalized spacial score (nSPS) is 20.1. The number of rotatable bonds is 3. The van der Waals surface area contributed by atoms with Gasteiger partial charge in [-0.15, -0.1) is 0 Å². The third kappa shape index (κ3) is 3.75. The minimum Gasteiger partial charge on any atom is -0.0620 e. The summed E-state index contributed by atoms with van der Waals surface area (Å²) in [6.07, 6.45) is 2.02. The molecule has 0 saturated heterocycles. The van der Waals surface area contributed by atoms with Gasteiger partial charge in [0, 0.05) is 10.8 Å². The standard InChI is InChI=1S/C42H34/c1-41(27-31-11-3-5-13-35(31)37-15-7-9-17-39(37)41)33-23-19-29(20-24-33)30-21-25-34(26-22-30)42(2)28-32-12-4-6-14-36(32)38-16-8-10-18-40(38)42/h3-26H,27-28H2,1-2H3. The van der Waals surface area contributed by atoms with E-state index in [0.717, 1.165) is 12.8 Å². The molecule has 0 fully saturated rings. The Morgan fingerprint density at radius 1 is 0.357 bits per heavy atom. The first-order valence-corrected chi connectivity index (χ1v) is 15.1. The van der Waals surface area contributed by atoms with E-state index in [0.29, 0.717) is 0 Å². The zero-order valence-electron chi connectivity index (χ0n) is 24.3. The Morgan fingerprint density at radius 2 is 0.690 bits per heavy atom. The van der Waals surface area contributed by atoms with E-state index in [1.165, 1.54) is 66.8 Å². The fourth-order valence-electron chi connectivity index (χ4n) is 7.80. The van der Waals surface area contributed by atoms with Crippen LogP contribution >= 0.6 is 0 Å². The van der Waals surface area contributed by atoms with Gasteiger partial charge in [0.05, 0.1) is 0 Å². The lowest BCUT2D eigenvalue weighted by Crippen LogP contribution is -2.30. The van der Waals surface area contributed by atoms with Crippen LogP contribution in [0.2, 0.25) is 0 Å². The zero-order chi connectivity index (χ0) is 28.3. The molecule has 6 aromatic rings. The second kappa shape index (κ2) is 9.43. The average Bonchev–Trinajstić information content (AvgIpc) is 3.05. The van der Waals surface area contributed by atoms with Crippen molar-refractivity contribution in [2.75, 3.05) is 0 Å². The molecular weight excluding hydrogens is 504 g/mol. The van der Waals surface area contributed by atoms with Crippen molar-refractivity contribution in [2.24, 2.45) is 0 Å². The molecule has 0 radical (unpaired) electrons. The average molecular weight is 539 g/mol. The van der Waals surface area contributed by atoms with Crippen LogP contribution in [0.4, 0.5) is 0 Å². The van der Waals surface area contributed by atoms with Crippen molar-refractivity contribution in [3.8, 4) is 33.4 Å². The van der Waals surface area contributed by atoms with Gasteiger partial charge in [0.1, 0.15) is 0 Å². The van der Waals surface area contributed by atoms with E-state index in [-0.39, 0.29) is 10.8 Å². The quantitative estimate of drug-likeness (QED) is 0.210. The van der Waals surface area contributed by atoms with Gasteiger partial charge in [-0.25, -0.2) is 0 Å². The van der Waals surface area contributed by atoms with Crippen molar-refractivity contribution in [1.82, 2.24) is 0 Å². The molecule has 8 rings (SSSR count). The third-order valence-corrected chi connectivity index (χ3v) is 10.1. The second-order valence-electron chi connectivity index (χ2n) is 12.6. The summed E-state index contributed by atoms with van der Waals surface area (Å²) < 4.78 is 0. The number of hydrogen-bond donors (Lipinski definition) is 0. The Labute approximate surface area is 249 Å². The van der Waals surface area contributed by atoms with E-state index >= 15 is 0 Å². The van der Waals surface area contributed by atoms with Gasteiger partial charge in [0.2, 0.25) is 0 Å². The first-order valence-electron chi connectivity index (χ1n) is 15.1. The van der Waals surface area contributed by atoms with Crippen LogP contribution in [0, 0.1) is 0 Å². The SMILES string of the molecule is CC1(c2ccc(-c3ccc(C4(C)Cc5ccccc5-c5ccccc54)cc3)cc2)Cc2ccccc2-c2ccccc21. The second-order valence-corrected chi connectivity index (χ2v) is 12.6. The molecule has 2 aliphatic rings. The minimum atomic E-state index is -0.0629. The molecule has 0 bridgehead atoms. The highest BCUT2D eigenvalue weighted by atomic mass is 14.4. The number of benzene rings is 6. The lowest BCUT2D eigenvalue weighted by molar-refractivity contribution is 0.561. The van der Waals surface area contributed by atoms with Gasteiger partial charge >= 0.3 is 0 Å². The van der Waals surface area contributed by atoms with Gasteiger partial charge < -0.3 is 0 Å². The maximum Gasteiger partial charge on any atom is 0.0221 e. The predicted molar refractivity (Wildman–Crippen MR) is 176 cm³/mol. The Kier molecular flexibility index (Phi) is 5.63. The number of hydrogen-bond acceptors (Lipinski definition) is 0. The highest BCUT2D eigenvalue weighted by Gasteiger charge is 2.37. The van der Waals surface area contributed by atoms with Crippen molar-refractivity contribution >= 4 is 0 Å². The molecule has 0 spiro atoms. The molecule has 2 atom stereocenters. The van der Waals surface area contributed by atoms with E-state index in [1.807, 2.05) is 0 Å². The van der Waals surface area contributed by atoms with Crippen molar-refractivity contribution < 1.29 is 0 Å². The van der Waals surface area contributed by atoms with Crippen LogP contribution in [0.25, 0.3) is 33.4 Å². The Balaban J connectivity index is 1.12. The molecule has 0 heteroatoms. The van der Waals surface area contributed by atoms with Crippen LogP contribution in [0.15, 0.2) is 146 Å². The summed E-state index contributed by atoms with van der Waals surface area (Å²) in [7, 11) is 0. The molecule has 6 aromatic carbocycles. The molecule has 0 heterocycles. The molecular formula is C42H34. The van der Waals surface area contributed by atoms with Crippen LogP contribution in [0.1, 0.15) is 47.2 Å². The van der Waals surface area contributed by atoms with Crippen molar-refractivity contribution in [2.45, 2.75) is 37.5 Å². The summed E-state index contributed by atoms with van der Waals surface area (Å²) in [4.78, 5) is 0. The third-order valence-electron chi connectivity index (χ3n) is 10.1. The fourth-order valence-corrected chi connectivity index (χ4v) is 7.80. The first kappa shape index (κ1) is 25.1. The van der Waals surface area contributed by atoms with Gasteiger partial charge in [0.25, 0.3) is 0 Å². The van der Waals surface area contributed by atoms with E-state index in [4.69, 9.17) is 0 Å². The summed E-state index contributed by atoms with van der Waals surface area (Å²) >= 11 is 0. The van der Waals surface area contributed by atoms with Gasteiger partial charge in [0.15, 0.2) is 0 Å². The minimum absolute atomic E-state index is 0.0629. The summed E-state index contributed by atoms with van der Waals surface area (Å²) in [6, 6.07) is 54.3. The van der Waals surface area contributed by atoms with Crippen molar-refractivity contribution in [3.05, 3.63) is 179 Å². The lowest BCUT2D eigenvalue weighted by Gasteiger charge is -2.38. The summed E-state index contributed by atoms with van der Waals surface area (Å²) in [5.74, 6) is 0. The monoisotopic (exact) mass is 538 g/mol. The van der Waals surface area contributed by atoms with Crippen LogP contribution in [0.3, 0.4) is 0 Å². The molecule has 0 aromatic heterocycles. The first-order chi connectivity index (χ1) is 20.5. The van der Waals surface area contributed by atoms with Gasteiger partial charge in [-0.2, -0.15) is 0 Å². The van der Waals surface area contributed by atoms with Crippen LogP contribution < -0.4 is 0 Å². The molecule has 0 aliphatic heterocycles. The van der Waals surface area contributed by atoms with Crippen molar-refractivity contribution in [3.63, 3.8) is 0 Å². The zero-order valence-corrected chi connectivity index (χ0v) is 24.3. The molecule has 2 unspecified atom stereocenters. The Morgan fingerprint density at radius 3 is 1.10 bits per heavy atom. The van der Waals surface area contributed by atoms with Crippen LogP contribution in [-0.4, -0.2) is 0 Å². The molecule has 202 valence electrons. The van der Waals surface area contributed by atoms with E-state index in [1.54, 1.807) is 0 Å².